The summed E-state index contributed by atoms with van der Waals surface area (Å²) in [6, 6.07) is 0. The van der Waals surface area contributed by atoms with Crippen molar-refractivity contribution in [3.63, 3.8) is 0 Å². The minimum Gasteiger partial charge on any atom is -0.343 e. The van der Waals surface area contributed by atoms with Gasteiger partial charge >= 0.3 is 0 Å². The minimum absolute atomic E-state index is 0.250. The molecule has 0 unspecified atom stereocenters. The van der Waals surface area contributed by atoms with Crippen molar-refractivity contribution >= 4 is 0 Å². The van der Waals surface area contributed by atoms with Gasteiger partial charge < -0.3 is 9.84 Å². The highest BCUT2D eigenvalue weighted by atomic mass is 16.5. The van der Waals surface area contributed by atoms with Crippen LogP contribution in [-0.4, -0.2) is 40.2 Å². The molecule has 1 N–H and O–H groups in total. The molecule has 5 heteroatoms. The van der Waals surface area contributed by atoms with Crippen molar-refractivity contribution in [1.29, 1.82) is 0 Å². The zero-order chi connectivity index (χ0) is 12.1. The molecule has 0 saturated carbocycles. The first kappa shape index (κ1) is 12.5. The fraction of sp³-hybridized carbons (Fsp3) is 0.833. The highest BCUT2D eigenvalue weighted by Crippen LogP contribution is 2.20. The molecular formula is C12H22N4O. The second-order valence-corrected chi connectivity index (χ2v) is 4.83. The third kappa shape index (κ3) is 3.04. The van der Waals surface area contributed by atoms with Gasteiger partial charge in [-0.2, -0.15) is 4.98 Å². The van der Waals surface area contributed by atoms with Crippen LogP contribution >= 0.6 is 0 Å². The van der Waals surface area contributed by atoms with Crippen LogP contribution < -0.4 is 5.32 Å². The molecule has 0 aromatic carbocycles. The second kappa shape index (κ2) is 5.60. The summed E-state index contributed by atoms with van der Waals surface area (Å²) in [5, 5.41) is 7.59. The highest BCUT2D eigenvalue weighted by molar-refractivity contribution is 4.92. The van der Waals surface area contributed by atoms with Crippen LogP contribution in [0.25, 0.3) is 0 Å². The molecule has 1 aromatic heterocycles. The first-order valence-electron chi connectivity index (χ1n) is 6.50. The van der Waals surface area contributed by atoms with Gasteiger partial charge in [0.1, 0.15) is 0 Å². The summed E-state index contributed by atoms with van der Waals surface area (Å²) >= 11 is 0. The van der Waals surface area contributed by atoms with E-state index in [1.165, 1.54) is 12.8 Å². The molecule has 1 aromatic rings. The molecule has 5 nitrogen and oxygen atoms in total. The zero-order valence-electron chi connectivity index (χ0n) is 10.8. The van der Waals surface area contributed by atoms with E-state index in [9.17, 15) is 0 Å². The van der Waals surface area contributed by atoms with Crippen molar-refractivity contribution in [2.45, 2.75) is 45.2 Å². The van der Waals surface area contributed by atoms with E-state index in [1.54, 1.807) is 0 Å². The Morgan fingerprint density at radius 3 is 2.94 bits per heavy atom. The van der Waals surface area contributed by atoms with Crippen molar-refractivity contribution in [3.8, 4) is 0 Å². The van der Waals surface area contributed by atoms with Gasteiger partial charge in [-0.1, -0.05) is 19.0 Å². The first-order chi connectivity index (χ1) is 8.28. The normalized spacial score (nSPS) is 21.3. The third-order valence-electron chi connectivity index (χ3n) is 3.80. The number of nitrogens with zero attached hydrogens (tertiary/aromatic N) is 3. The molecular weight excluding hydrogens is 216 g/mol. The molecule has 1 saturated heterocycles. The smallest absolute Gasteiger partial charge is 0.213 e. The van der Waals surface area contributed by atoms with Crippen LogP contribution in [0.15, 0.2) is 10.9 Å². The molecule has 96 valence electrons. The minimum atomic E-state index is 0.250. The Morgan fingerprint density at radius 2 is 2.29 bits per heavy atom. The largest absolute Gasteiger partial charge is 0.343 e. The fourth-order valence-corrected chi connectivity index (χ4v) is 2.54. The number of aromatic nitrogens is 2. The van der Waals surface area contributed by atoms with Gasteiger partial charge in [0.2, 0.25) is 6.39 Å². The van der Waals surface area contributed by atoms with Crippen LogP contribution in [0.4, 0.5) is 0 Å². The predicted octanol–water partition coefficient (Wildman–Crippen LogP) is 1.42. The summed E-state index contributed by atoms with van der Waals surface area (Å²) in [7, 11) is 0. The van der Waals surface area contributed by atoms with Crippen molar-refractivity contribution < 1.29 is 4.52 Å². The van der Waals surface area contributed by atoms with Crippen LogP contribution in [0.3, 0.4) is 0 Å². The quantitative estimate of drug-likeness (QED) is 0.860. The first-order valence-corrected chi connectivity index (χ1v) is 6.50. The van der Waals surface area contributed by atoms with E-state index in [4.69, 9.17) is 4.52 Å². The highest BCUT2D eigenvalue weighted by Gasteiger charge is 2.30. The number of rotatable bonds is 4. The lowest BCUT2D eigenvalue weighted by Crippen LogP contribution is -2.50. The lowest BCUT2D eigenvalue weighted by atomic mass is 9.92. The Bertz CT molecular complexity index is 321. The average molecular weight is 238 g/mol. The summed E-state index contributed by atoms with van der Waals surface area (Å²) in [5.74, 6) is 0.785. The SMILES string of the molecule is CCC1(CC)CN(Cc2ncon2)CCCN1. The molecule has 0 radical (unpaired) electrons. The maximum absolute atomic E-state index is 4.79. The Hall–Kier alpha value is -0.940. The van der Waals surface area contributed by atoms with Gasteiger partial charge in [0.15, 0.2) is 5.82 Å². The van der Waals surface area contributed by atoms with Crippen LogP contribution in [0, 0.1) is 0 Å². The van der Waals surface area contributed by atoms with E-state index in [-0.39, 0.29) is 5.54 Å². The summed E-state index contributed by atoms with van der Waals surface area (Å²) in [5.41, 5.74) is 0.250. The summed E-state index contributed by atoms with van der Waals surface area (Å²) in [6.45, 7) is 8.57. The van der Waals surface area contributed by atoms with Gasteiger partial charge in [-0.25, -0.2) is 0 Å². The fourth-order valence-electron chi connectivity index (χ4n) is 2.54. The average Bonchev–Trinajstić information content (AvgIpc) is 2.76. The van der Waals surface area contributed by atoms with Crippen LogP contribution in [-0.2, 0) is 6.54 Å². The van der Waals surface area contributed by atoms with Gasteiger partial charge in [0.05, 0.1) is 6.54 Å². The Balaban J connectivity index is 2.01. The molecule has 0 spiro atoms. The molecule has 1 fully saturated rings. The number of nitrogens with one attached hydrogen (secondary N) is 1. The van der Waals surface area contributed by atoms with Crippen molar-refractivity contribution in [2.75, 3.05) is 19.6 Å². The summed E-state index contributed by atoms with van der Waals surface area (Å²) in [6.07, 6.45) is 4.90. The van der Waals surface area contributed by atoms with Crippen molar-refractivity contribution in [3.05, 3.63) is 12.2 Å². The lowest BCUT2D eigenvalue weighted by Gasteiger charge is -2.35. The van der Waals surface area contributed by atoms with E-state index in [0.29, 0.717) is 0 Å². The van der Waals surface area contributed by atoms with Crippen LogP contribution in [0.1, 0.15) is 38.9 Å². The molecule has 2 heterocycles. The van der Waals surface area contributed by atoms with Crippen LogP contribution in [0.2, 0.25) is 0 Å². The Kier molecular flexibility index (Phi) is 4.12. The Labute approximate surface area is 103 Å². The van der Waals surface area contributed by atoms with E-state index >= 15 is 0 Å². The van der Waals surface area contributed by atoms with Crippen molar-refractivity contribution in [2.24, 2.45) is 0 Å². The van der Waals surface area contributed by atoms with Gasteiger partial charge in [0, 0.05) is 12.1 Å². The van der Waals surface area contributed by atoms with Crippen molar-refractivity contribution in [1.82, 2.24) is 20.4 Å². The maximum Gasteiger partial charge on any atom is 0.213 e. The maximum atomic E-state index is 4.79. The molecule has 1 aliphatic rings. The summed E-state index contributed by atoms with van der Waals surface area (Å²) in [4.78, 5) is 6.53. The van der Waals surface area contributed by atoms with Gasteiger partial charge in [-0.15, -0.1) is 0 Å². The molecule has 0 aliphatic carbocycles. The van der Waals surface area contributed by atoms with Gasteiger partial charge in [0.25, 0.3) is 0 Å². The van der Waals surface area contributed by atoms with E-state index in [0.717, 1.165) is 44.8 Å². The lowest BCUT2D eigenvalue weighted by molar-refractivity contribution is 0.186. The molecule has 17 heavy (non-hydrogen) atoms. The second-order valence-electron chi connectivity index (χ2n) is 4.83. The Morgan fingerprint density at radius 1 is 1.47 bits per heavy atom. The van der Waals surface area contributed by atoms with Crippen LogP contribution in [0.5, 0.6) is 0 Å². The van der Waals surface area contributed by atoms with E-state index < -0.39 is 0 Å². The monoisotopic (exact) mass is 238 g/mol. The number of hydrogen-bond donors (Lipinski definition) is 1. The topological polar surface area (TPSA) is 54.2 Å². The zero-order valence-corrected chi connectivity index (χ0v) is 10.8. The molecule has 1 aliphatic heterocycles. The van der Waals surface area contributed by atoms with Gasteiger partial charge in [-0.05, 0) is 32.4 Å². The molecule has 0 amide bonds. The standard InChI is InChI=1S/C12H22N4O/c1-3-12(4-2)9-16(7-5-6-14-12)8-11-13-10-17-15-11/h10,14H,3-9H2,1-2H3. The third-order valence-corrected chi connectivity index (χ3v) is 3.80. The number of hydrogen-bond acceptors (Lipinski definition) is 5. The predicted molar refractivity (Wildman–Crippen MR) is 65.5 cm³/mol. The van der Waals surface area contributed by atoms with Gasteiger partial charge in [-0.3, -0.25) is 4.90 Å². The summed E-state index contributed by atoms with van der Waals surface area (Å²) < 4.78 is 4.79. The molecule has 0 bridgehead atoms. The van der Waals surface area contributed by atoms with E-state index in [1.807, 2.05) is 0 Å². The van der Waals surface area contributed by atoms with E-state index in [2.05, 4.69) is 34.2 Å². The molecule has 0 atom stereocenters. The molecule has 2 rings (SSSR count).